The van der Waals surface area contributed by atoms with E-state index in [1.54, 1.807) is 16.8 Å². The second-order valence-electron chi connectivity index (χ2n) is 3.85. The molecule has 6 heteroatoms. The van der Waals surface area contributed by atoms with Crippen molar-refractivity contribution in [2.75, 3.05) is 0 Å². The molecule has 0 spiro atoms. The average molecular weight is 279 g/mol. The van der Waals surface area contributed by atoms with Gasteiger partial charge < -0.3 is 0 Å². The number of benzene rings is 1. The van der Waals surface area contributed by atoms with Crippen LogP contribution in [0.1, 0.15) is 5.56 Å². The summed E-state index contributed by atoms with van der Waals surface area (Å²) in [6, 6.07) is 5.68. The molecule has 3 rings (SSSR count). The Morgan fingerprint density at radius 2 is 2.00 bits per heavy atom. The highest BCUT2D eigenvalue weighted by molar-refractivity contribution is 6.32. The summed E-state index contributed by atoms with van der Waals surface area (Å²) >= 11 is 12.1. The molecule has 0 fully saturated rings. The molecule has 18 heavy (non-hydrogen) atoms. The van der Waals surface area contributed by atoms with E-state index in [1.165, 1.54) is 0 Å². The van der Waals surface area contributed by atoms with E-state index in [0.717, 1.165) is 11.1 Å². The predicted molar refractivity (Wildman–Crippen MR) is 71.0 cm³/mol. The van der Waals surface area contributed by atoms with Crippen LogP contribution in [-0.4, -0.2) is 19.6 Å². The molecule has 0 aliphatic heterocycles. The van der Waals surface area contributed by atoms with Crippen molar-refractivity contribution >= 4 is 28.8 Å². The maximum absolute atomic E-state index is 6.12. The van der Waals surface area contributed by atoms with E-state index in [-0.39, 0.29) is 0 Å². The van der Waals surface area contributed by atoms with Crippen LogP contribution in [0.15, 0.2) is 30.6 Å². The summed E-state index contributed by atoms with van der Waals surface area (Å²) in [5.41, 5.74) is 2.42. The molecule has 0 aliphatic carbocycles. The molecular weight excluding hydrogens is 271 g/mol. The Kier molecular flexibility index (Phi) is 2.69. The van der Waals surface area contributed by atoms with Crippen LogP contribution < -0.4 is 0 Å². The highest BCUT2D eigenvalue weighted by Crippen LogP contribution is 2.28. The van der Waals surface area contributed by atoms with Gasteiger partial charge in [0.15, 0.2) is 16.6 Å². The van der Waals surface area contributed by atoms with Gasteiger partial charge in [-0.15, -0.1) is 10.2 Å². The summed E-state index contributed by atoms with van der Waals surface area (Å²) in [5.74, 6) is 0.703. The van der Waals surface area contributed by atoms with Gasteiger partial charge in [0.05, 0.1) is 0 Å². The van der Waals surface area contributed by atoms with E-state index >= 15 is 0 Å². The van der Waals surface area contributed by atoms with Crippen LogP contribution in [0.4, 0.5) is 0 Å². The van der Waals surface area contributed by atoms with Crippen LogP contribution in [0.3, 0.4) is 0 Å². The van der Waals surface area contributed by atoms with Crippen molar-refractivity contribution in [1.29, 1.82) is 0 Å². The molecule has 0 radical (unpaired) electrons. The highest BCUT2D eigenvalue weighted by atomic mass is 35.5. The molecule has 2 heterocycles. The van der Waals surface area contributed by atoms with E-state index in [9.17, 15) is 0 Å². The molecule has 0 N–H and O–H groups in total. The van der Waals surface area contributed by atoms with Gasteiger partial charge in [-0.25, -0.2) is 4.98 Å². The molecule has 3 aromatic rings. The summed E-state index contributed by atoms with van der Waals surface area (Å²) in [6.07, 6.45) is 3.39. The van der Waals surface area contributed by atoms with E-state index in [0.29, 0.717) is 21.6 Å². The molecular formula is C12H8Cl2N4. The van der Waals surface area contributed by atoms with Gasteiger partial charge in [-0.3, -0.25) is 4.40 Å². The van der Waals surface area contributed by atoms with Crippen LogP contribution >= 0.6 is 23.2 Å². The Bertz CT molecular complexity index is 736. The molecule has 2 aromatic heterocycles. The van der Waals surface area contributed by atoms with Crippen molar-refractivity contribution in [3.63, 3.8) is 0 Å². The van der Waals surface area contributed by atoms with Gasteiger partial charge in [0.2, 0.25) is 0 Å². The summed E-state index contributed by atoms with van der Waals surface area (Å²) < 4.78 is 1.80. The Labute approximate surface area is 113 Å². The van der Waals surface area contributed by atoms with Gasteiger partial charge in [0, 0.05) is 23.0 Å². The SMILES string of the molecule is Cc1c(Cl)cccc1-c1nnc2c(Cl)nccn12. The number of rotatable bonds is 1. The van der Waals surface area contributed by atoms with Crippen LogP contribution in [0, 0.1) is 6.92 Å². The lowest BCUT2D eigenvalue weighted by Crippen LogP contribution is -1.93. The zero-order chi connectivity index (χ0) is 12.7. The van der Waals surface area contributed by atoms with Crippen molar-refractivity contribution in [2.45, 2.75) is 6.92 Å². The molecule has 4 nitrogen and oxygen atoms in total. The fraction of sp³-hybridized carbons (Fsp3) is 0.0833. The highest BCUT2D eigenvalue weighted by Gasteiger charge is 2.13. The minimum Gasteiger partial charge on any atom is -0.278 e. The van der Waals surface area contributed by atoms with E-state index in [1.807, 2.05) is 25.1 Å². The predicted octanol–water partition coefficient (Wildman–Crippen LogP) is 3.41. The molecule has 0 saturated heterocycles. The lowest BCUT2D eigenvalue weighted by atomic mass is 10.1. The van der Waals surface area contributed by atoms with E-state index in [4.69, 9.17) is 23.2 Å². The monoisotopic (exact) mass is 278 g/mol. The largest absolute Gasteiger partial charge is 0.278 e. The average Bonchev–Trinajstić information content (AvgIpc) is 2.78. The minimum atomic E-state index is 0.330. The van der Waals surface area contributed by atoms with Crippen LogP contribution in [0.2, 0.25) is 10.2 Å². The van der Waals surface area contributed by atoms with E-state index < -0.39 is 0 Å². The Hall–Kier alpha value is -1.65. The number of aromatic nitrogens is 4. The number of hydrogen-bond donors (Lipinski definition) is 0. The van der Waals surface area contributed by atoms with Crippen molar-refractivity contribution in [2.24, 2.45) is 0 Å². The number of halogens is 2. The summed E-state index contributed by atoms with van der Waals surface area (Å²) in [5, 5.41) is 9.23. The first-order valence-electron chi connectivity index (χ1n) is 5.29. The zero-order valence-corrected chi connectivity index (χ0v) is 10.9. The standard InChI is InChI=1S/C12H8Cl2N4/c1-7-8(3-2-4-9(7)13)11-16-17-12-10(14)15-5-6-18(11)12/h2-6H,1H3. The van der Waals surface area contributed by atoms with Crippen LogP contribution in [0.5, 0.6) is 0 Å². The quantitative estimate of drug-likeness (QED) is 0.685. The Balaban J connectivity index is 2.33. The fourth-order valence-corrected chi connectivity index (χ4v) is 2.19. The molecule has 0 unspecified atom stereocenters. The molecule has 0 amide bonds. The topological polar surface area (TPSA) is 43.1 Å². The van der Waals surface area contributed by atoms with E-state index in [2.05, 4.69) is 15.2 Å². The molecule has 1 aromatic carbocycles. The fourth-order valence-electron chi connectivity index (χ4n) is 1.83. The van der Waals surface area contributed by atoms with Crippen molar-refractivity contribution in [1.82, 2.24) is 19.6 Å². The van der Waals surface area contributed by atoms with Gasteiger partial charge in [-0.05, 0) is 18.6 Å². The van der Waals surface area contributed by atoms with Crippen molar-refractivity contribution < 1.29 is 0 Å². The third kappa shape index (κ3) is 1.65. The maximum Gasteiger partial charge on any atom is 0.198 e. The third-order valence-corrected chi connectivity index (χ3v) is 3.47. The Morgan fingerprint density at radius 3 is 2.83 bits per heavy atom. The van der Waals surface area contributed by atoms with Gasteiger partial charge >= 0.3 is 0 Å². The molecule has 0 saturated carbocycles. The van der Waals surface area contributed by atoms with Gasteiger partial charge in [-0.1, -0.05) is 35.3 Å². The first-order valence-corrected chi connectivity index (χ1v) is 6.05. The molecule has 0 aliphatic rings. The zero-order valence-electron chi connectivity index (χ0n) is 9.43. The first kappa shape index (κ1) is 11.4. The normalized spacial score (nSPS) is 11.1. The number of nitrogens with zero attached hydrogens (tertiary/aromatic N) is 4. The Morgan fingerprint density at radius 1 is 1.17 bits per heavy atom. The van der Waals surface area contributed by atoms with Gasteiger partial charge in [0.25, 0.3) is 0 Å². The van der Waals surface area contributed by atoms with Crippen molar-refractivity contribution in [3.8, 4) is 11.4 Å². The number of fused-ring (bicyclic) bond motifs is 1. The lowest BCUT2D eigenvalue weighted by molar-refractivity contribution is 1.10. The van der Waals surface area contributed by atoms with Crippen LogP contribution in [-0.2, 0) is 0 Å². The summed E-state index contributed by atoms with van der Waals surface area (Å²) in [7, 11) is 0. The first-order chi connectivity index (χ1) is 8.68. The maximum atomic E-state index is 6.12. The van der Waals surface area contributed by atoms with Gasteiger partial charge in [0.1, 0.15) is 0 Å². The van der Waals surface area contributed by atoms with Crippen LogP contribution in [0.25, 0.3) is 17.0 Å². The smallest absolute Gasteiger partial charge is 0.198 e. The second-order valence-corrected chi connectivity index (χ2v) is 4.61. The summed E-state index contributed by atoms with van der Waals surface area (Å²) in [4.78, 5) is 3.97. The van der Waals surface area contributed by atoms with Crippen molar-refractivity contribution in [3.05, 3.63) is 46.3 Å². The molecule has 90 valence electrons. The summed E-state index contributed by atoms with van der Waals surface area (Å²) in [6.45, 7) is 1.95. The third-order valence-electron chi connectivity index (χ3n) is 2.79. The molecule has 0 atom stereocenters. The second kappa shape index (κ2) is 4.23. The van der Waals surface area contributed by atoms with Gasteiger partial charge in [-0.2, -0.15) is 0 Å². The molecule has 0 bridgehead atoms. The number of hydrogen-bond acceptors (Lipinski definition) is 3. The lowest BCUT2D eigenvalue weighted by Gasteiger charge is -2.05. The minimum absolute atomic E-state index is 0.330.